The van der Waals surface area contributed by atoms with Crippen LogP contribution in [0.1, 0.15) is 49.3 Å². The number of nitrogens with one attached hydrogen (secondary N) is 1. The molecule has 0 saturated carbocycles. The first-order chi connectivity index (χ1) is 20.8. The third kappa shape index (κ3) is 10.6. The van der Waals surface area contributed by atoms with Gasteiger partial charge in [-0.1, -0.05) is 73.5 Å². The minimum absolute atomic E-state index is 0.00871. The van der Waals surface area contributed by atoms with E-state index in [0.717, 1.165) is 52.7 Å². The van der Waals surface area contributed by atoms with Gasteiger partial charge >= 0.3 is 6.18 Å². The van der Waals surface area contributed by atoms with Crippen molar-refractivity contribution in [1.82, 2.24) is 10.2 Å². The van der Waals surface area contributed by atoms with E-state index >= 15 is 0 Å². The number of rotatable bonds is 15. The first-order valence-corrected chi connectivity index (χ1v) is 16.5. The summed E-state index contributed by atoms with van der Waals surface area (Å²) in [6, 6.07) is 19.4. The SMILES string of the molecule is CCCCNC(=O)[C@H](Cc1ccccc1)N(Cc1ccc(Cl)cc1)C(=O)CCCN(c1cccc(C(F)(F)F)c1)S(C)(=O)=O. The van der Waals surface area contributed by atoms with Crippen LogP contribution in [0.15, 0.2) is 78.9 Å². The molecule has 7 nitrogen and oxygen atoms in total. The molecule has 3 aromatic rings. The predicted octanol–water partition coefficient (Wildman–Crippen LogP) is 6.46. The van der Waals surface area contributed by atoms with E-state index in [1.807, 2.05) is 37.3 Å². The molecular formula is C32H37ClF3N3O4S. The zero-order valence-corrected chi connectivity index (χ0v) is 26.3. The van der Waals surface area contributed by atoms with Crippen molar-refractivity contribution in [2.75, 3.05) is 23.7 Å². The second-order valence-electron chi connectivity index (χ2n) is 10.5. The minimum atomic E-state index is -4.65. The number of nitrogens with zero attached hydrogens (tertiary/aromatic N) is 2. The van der Waals surface area contributed by atoms with Crippen LogP contribution in [0.3, 0.4) is 0 Å². The molecule has 3 aromatic carbocycles. The molecule has 44 heavy (non-hydrogen) atoms. The fourth-order valence-corrected chi connectivity index (χ4v) is 5.77. The number of hydrogen-bond acceptors (Lipinski definition) is 4. The molecule has 238 valence electrons. The number of halogens is 4. The summed E-state index contributed by atoms with van der Waals surface area (Å²) < 4.78 is 66.0. The Morgan fingerprint density at radius 1 is 0.932 bits per heavy atom. The molecule has 0 spiro atoms. The van der Waals surface area contributed by atoms with Crippen molar-refractivity contribution in [2.24, 2.45) is 0 Å². The third-order valence-electron chi connectivity index (χ3n) is 6.98. The lowest BCUT2D eigenvalue weighted by molar-refractivity contribution is -0.141. The zero-order valence-electron chi connectivity index (χ0n) is 24.7. The van der Waals surface area contributed by atoms with Crippen molar-refractivity contribution in [3.8, 4) is 0 Å². The number of carbonyl (C=O) groups excluding carboxylic acids is 2. The van der Waals surface area contributed by atoms with Gasteiger partial charge in [-0.25, -0.2) is 8.42 Å². The summed E-state index contributed by atoms with van der Waals surface area (Å²) in [5.74, 6) is -0.713. The number of hydrogen-bond donors (Lipinski definition) is 1. The van der Waals surface area contributed by atoms with Crippen molar-refractivity contribution < 1.29 is 31.2 Å². The molecule has 0 aliphatic heterocycles. The van der Waals surface area contributed by atoms with Gasteiger partial charge in [0.15, 0.2) is 0 Å². The summed E-state index contributed by atoms with van der Waals surface area (Å²) in [5.41, 5.74) is 0.463. The van der Waals surface area contributed by atoms with Crippen LogP contribution in [0, 0.1) is 0 Å². The standard InChI is InChI=1S/C32H37ClF3N3O4S/c1-3-4-19-37-31(41)29(21-24-10-6-5-7-11-24)38(23-25-15-17-27(33)18-16-25)30(40)14-9-20-39(44(2,42)43)28-13-8-12-26(22-28)32(34,35)36/h5-8,10-13,15-18,22,29H,3-4,9,14,19-21,23H2,1-2H3,(H,37,41)/t29-/m0/s1. The maximum Gasteiger partial charge on any atom is 0.416 e. The predicted molar refractivity (Wildman–Crippen MR) is 167 cm³/mol. The molecule has 2 amide bonds. The van der Waals surface area contributed by atoms with Gasteiger partial charge in [0.05, 0.1) is 17.5 Å². The number of amides is 2. The lowest BCUT2D eigenvalue weighted by atomic mass is 10.0. The van der Waals surface area contributed by atoms with Crippen LogP contribution in [0.2, 0.25) is 5.02 Å². The van der Waals surface area contributed by atoms with Crippen LogP contribution in [0.4, 0.5) is 18.9 Å². The van der Waals surface area contributed by atoms with Crippen LogP contribution in [0.5, 0.6) is 0 Å². The zero-order chi connectivity index (χ0) is 32.3. The van der Waals surface area contributed by atoms with Crippen molar-refractivity contribution in [3.63, 3.8) is 0 Å². The van der Waals surface area contributed by atoms with Gasteiger partial charge in [-0.15, -0.1) is 0 Å². The van der Waals surface area contributed by atoms with Crippen molar-refractivity contribution >= 4 is 39.1 Å². The number of sulfonamides is 1. The fraction of sp³-hybridized carbons (Fsp3) is 0.375. The second-order valence-corrected chi connectivity index (χ2v) is 12.8. The van der Waals surface area contributed by atoms with Gasteiger partial charge in [0.1, 0.15) is 6.04 Å². The number of benzene rings is 3. The fourth-order valence-electron chi connectivity index (χ4n) is 4.69. The molecule has 0 radical (unpaired) electrons. The van der Waals surface area contributed by atoms with Gasteiger partial charge in [0.25, 0.3) is 0 Å². The van der Waals surface area contributed by atoms with Gasteiger partial charge in [-0.05, 0) is 54.3 Å². The average Bonchev–Trinajstić information content (AvgIpc) is 2.97. The second kappa shape index (κ2) is 15.9. The highest BCUT2D eigenvalue weighted by Crippen LogP contribution is 2.32. The van der Waals surface area contributed by atoms with E-state index in [1.165, 1.54) is 11.0 Å². The molecule has 1 atom stereocenters. The van der Waals surface area contributed by atoms with Crippen LogP contribution in [-0.2, 0) is 38.8 Å². The van der Waals surface area contributed by atoms with Gasteiger partial charge in [0.2, 0.25) is 21.8 Å². The van der Waals surface area contributed by atoms with Crippen molar-refractivity contribution in [3.05, 3.63) is 101 Å². The summed E-state index contributed by atoms with van der Waals surface area (Å²) in [5, 5.41) is 3.45. The summed E-state index contributed by atoms with van der Waals surface area (Å²) >= 11 is 6.06. The highest BCUT2D eigenvalue weighted by Gasteiger charge is 2.32. The minimum Gasteiger partial charge on any atom is -0.354 e. The van der Waals surface area contributed by atoms with Gasteiger partial charge < -0.3 is 10.2 Å². The summed E-state index contributed by atoms with van der Waals surface area (Å²) in [6.45, 7) is 2.32. The van der Waals surface area contributed by atoms with E-state index in [4.69, 9.17) is 11.6 Å². The Bertz CT molecular complexity index is 1490. The van der Waals surface area contributed by atoms with Crippen LogP contribution in [0.25, 0.3) is 0 Å². The van der Waals surface area contributed by atoms with Gasteiger partial charge in [0, 0.05) is 37.5 Å². The molecule has 0 bridgehead atoms. The Hall–Kier alpha value is -3.57. The van der Waals surface area contributed by atoms with Crippen LogP contribution < -0.4 is 9.62 Å². The maximum atomic E-state index is 13.8. The number of alkyl halides is 3. The number of anilines is 1. The molecule has 0 aromatic heterocycles. The van der Waals surface area contributed by atoms with Gasteiger partial charge in [-0.3, -0.25) is 13.9 Å². The lowest BCUT2D eigenvalue weighted by Gasteiger charge is -2.32. The summed E-state index contributed by atoms with van der Waals surface area (Å²) in [7, 11) is -3.97. The average molecular weight is 652 g/mol. The van der Waals surface area contributed by atoms with Crippen molar-refractivity contribution in [1.29, 1.82) is 0 Å². The van der Waals surface area contributed by atoms with E-state index < -0.39 is 33.7 Å². The number of unbranched alkanes of at least 4 members (excludes halogenated alkanes) is 1. The van der Waals surface area contributed by atoms with E-state index in [2.05, 4.69) is 5.32 Å². The molecule has 0 aliphatic rings. The Kier molecular flexibility index (Phi) is 12.7. The highest BCUT2D eigenvalue weighted by molar-refractivity contribution is 7.92. The Morgan fingerprint density at radius 2 is 1.61 bits per heavy atom. The smallest absolute Gasteiger partial charge is 0.354 e. The van der Waals surface area contributed by atoms with Crippen molar-refractivity contribution in [2.45, 2.75) is 57.8 Å². The topological polar surface area (TPSA) is 86.8 Å². The molecule has 0 aliphatic carbocycles. The molecular weight excluding hydrogens is 615 g/mol. The molecule has 0 heterocycles. The van der Waals surface area contributed by atoms with Gasteiger partial charge in [-0.2, -0.15) is 13.2 Å². The molecule has 3 rings (SSSR count). The summed E-state index contributed by atoms with van der Waals surface area (Å²) in [6.07, 6.45) is -1.99. The van der Waals surface area contributed by atoms with Crippen LogP contribution in [-0.4, -0.2) is 50.5 Å². The Balaban J connectivity index is 1.88. The molecule has 12 heteroatoms. The normalized spacial score (nSPS) is 12.4. The highest BCUT2D eigenvalue weighted by atomic mass is 35.5. The lowest BCUT2D eigenvalue weighted by Crippen LogP contribution is -2.50. The van der Waals surface area contributed by atoms with Crippen LogP contribution >= 0.6 is 11.6 Å². The molecule has 0 saturated heterocycles. The van der Waals surface area contributed by atoms with E-state index in [-0.39, 0.29) is 43.9 Å². The first kappa shape index (κ1) is 34.9. The Labute approximate surface area is 262 Å². The first-order valence-electron chi connectivity index (χ1n) is 14.3. The monoisotopic (exact) mass is 651 g/mol. The molecule has 1 N–H and O–H groups in total. The van der Waals surface area contributed by atoms with E-state index in [1.54, 1.807) is 24.3 Å². The maximum absolute atomic E-state index is 13.8. The van der Waals surface area contributed by atoms with E-state index in [0.29, 0.717) is 11.6 Å². The Morgan fingerprint density at radius 3 is 2.23 bits per heavy atom. The molecule has 0 unspecified atom stereocenters. The third-order valence-corrected chi connectivity index (χ3v) is 8.43. The number of carbonyl (C=O) groups is 2. The molecule has 0 fully saturated rings. The summed E-state index contributed by atoms with van der Waals surface area (Å²) in [4.78, 5) is 28.8. The van der Waals surface area contributed by atoms with E-state index in [9.17, 15) is 31.2 Å². The quantitative estimate of drug-likeness (QED) is 0.191. The largest absolute Gasteiger partial charge is 0.416 e.